The van der Waals surface area contributed by atoms with E-state index in [-0.39, 0.29) is 19.0 Å². The van der Waals surface area contributed by atoms with Crippen LogP contribution in [0.3, 0.4) is 0 Å². The largest absolute Gasteiger partial charge is 0.494 e. The van der Waals surface area contributed by atoms with E-state index in [9.17, 15) is 35.1 Å². The molecule has 5 N–H and O–H groups in total. The van der Waals surface area contributed by atoms with E-state index in [4.69, 9.17) is 33.2 Å². The summed E-state index contributed by atoms with van der Waals surface area (Å²) in [7, 11) is 4.87. The summed E-state index contributed by atoms with van der Waals surface area (Å²) in [6.07, 6.45) is -6.52. The highest BCUT2D eigenvalue weighted by atomic mass is 16.7. The first-order chi connectivity index (χ1) is 28.0. The first-order valence-electron chi connectivity index (χ1n) is 20.9. The van der Waals surface area contributed by atoms with Gasteiger partial charge < -0.3 is 63.6 Å². The molecule has 0 radical (unpaired) electrons. The number of cyclic esters (lactones) is 1. The van der Waals surface area contributed by atoms with Gasteiger partial charge >= 0.3 is 5.97 Å². The molecular weight excluding hydrogens is 766 g/mol. The number of ether oxygens (including phenoxy) is 7. The molecular formula is C44H69NO14. The van der Waals surface area contributed by atoms with E-state index in [1.165, 1.54) is 13.2 Å². The molecule has 0 aliphatic carbocycles. The minimum absolute atomic E-state index is 0.0340. The van der Waals surface area contributed by atoms with Gasteiger partial charge in [0.2, 0.25) is 0 Å². The number of rotatable bonds is 12. The topological polar surface area (TPSA) is 203 Å². The van der Waals surface area contributed by atoms with E-state index < -0.39 is 116 Å². The molecule has 3 heterocycles. The Morgan fingerprint density at radius 2 is 1.51 bits per heavy atom. The molecule has 0 amide bonds. The number of aliphatic hydroxyl groups excluding tert-OH is 5. The first kappa shape index (κ1) is 48.9. The number of carbonyl (C=O) groups is 2. The van der Waals surface area contributed by atoms with Crippen molar-refractivity contribution in [3.8, 4) is 5.75 Å². The first-order valence-corrected chi connectivity index (χ1v) is 20.9. The van der Waals surface area contributed by atoms with Crippen LogP contribution in [0.25, 0.3) is 0 Å². The summed E-state index contributed by atoms with van der Waals surface area (Å²) >= 11 is 0. The number of esters is 1. The molecule has 2 saturated heterocycles. The van der Waals surface area contributed by atoms with Gasteiger partial charge in [0.15, 0.2) is 18.4 Å². The van der Waals surface area contributed by atoms with Gasteiger partial charge in [-0.1, -0.05) is 56.7 Å². The molecule has 17 atom stereocenters. The third-order valence-corrected chi connectivity index (χ3v) is 12.0. The molecule has 0 aromatic heterocycles. The second-order valence-electron chi connectivity index (χ2n) is 16.7. The number of allylic oxidation sites excluding steroid dienone is 3. The van der Waals surface area contributed by atoms with Crippen LogP contribution in [0.15, 0.2) is 54.1 Å². The lowest BCUT2D eigenvalue weighted by Gasteiger charge is -2.46. The molecule has 334 valence electrons. The zero-order valence-corrected chi connectivity index (χ0v) is 36.0. The molecule has 4 rings (SSSR count). The minimum Gasteiger partial charge on any atom is -0.494 e. The van der Waals surface area contributed by atoms with Crippen molar-refractivity contribution in [2.75, 3.05) is 34.4 Å². The quantitative estimate of drug-likeness (QED) is 0.192. The van der Waals surface area contributed by atoms with Crippen molar-refractivity contribution in [3.05, 3.63) is 54.1 Å². The molecule has 0 spiro atoms. The Labute approximate surface area is 349 Å². The fraction of sp³-hybridized carbons (Fsp3) is 0.727. The third-order valence-electron chi connectivity index (χ3n) is 12.0. The highest BCUT2D eigenvalue weighted by Gasteiger charge is 2.48. The summed E-state index contributed by atoms with van der Waals surface area (Å²) in [5, 5.41) is 55.2. The number of hydrogen-bond acceptors (Lipinski definition) is 15. The predicted molar refractivity (Wildman–Crippen MR) is 217 cm³/mol. The third kappa shape index (κ3) is 13.1. The number of carbonyl (C=O) groups excluding carboxylic acids is 2. The Kier molecular flexibility index (Phi) is 18.9. The maximum Gasteiger partial charge on any atom is 0.308 e. The maximum atomic E-state index is 13.8. The molecule has 2 fully saturated rings. The molecule has 0 unspecified atom stereocenters. The fourth-order valence-electron chi connectivity index (χ4n) is 8.28. The van der Waals surface area contributed by atoms with Crippen molar-refractivity contribution in [2.45, 2.75) is 147 Å². The average molecular weight is 836 g/mol. The SMILES string of the molecule is CC[C@H]1OC(=O)C[C@@H](O)[C@H](C)[C@@H](O[C@@H]2O[C@H](C)[C@@H](O)[C@H](N(C)C)[C@H]2O)[C@@H](CCOc2ccccc2)C[C@@H](C)C(=O)/C=C/C(C)=C/[C@@H]1CO[C@@H]1O[C@H](C)[C@@H](O)[C@@H](O)[C@H]1OC. The number of hydrogen-bond donors (Lipinski definition) is 5. The zero-order chi connectivity index (χ0) is 43.6. The molecule has 1 aromatic rings. The van der Waals surface area contributed by atoms with Crippen LogP contribution in [-0.2, 0) is 38.0 Å². The Morgan fingerprint density at radius 1 is 0.847 bits per heavy atom. The number of aliphatic hydroxyl groups is 5. The lowest BCUT2D eigenvalue weighted by molar-refractivity contribution is -0.304. The summed E-state index contributed by atoms with van der Waals surface area (Å²) in [5.41, 5.74) is 0.704. The van der Waals surface area contributed by atoms with Gasteiger partial charge in [-0.15, -0.1) is 0 Å². The van der Waals surface area contributed by atoms with Gasteiger partial charge in [0, 0.05) is 24.9 Å². The van der Waals surface area contributed by atoms with E-state index in [0.717, 1.165) is 0 Å². The van der Waals surface area contributed by atoms with Crippen molar-refractivity contribution in [1.29, 1.82) is 0 Å². The van der Waals surface area contributed by atoms with E-state index in [1.54, 1.807) is 45.8 Å². The lowest BCUT2D eigenvalue weighted by Crippen LogP contribution is -2.63. The Morgan fingerprint density at radius 3 is 2.15 bits per heavy atom. The second-order valence-corrected chi connectivity index (χ2v) is 16.7. The van der Waals surface area contributed by atoms with Crippen LogP contribution in [0.1, 0.15) is 67.2 Å². The summed E-state index contributed by atoms with van der Waals surface area (Å²) < 4.78 is 42.3. The van der Waals surface area contributed by atoms with E-state index >= 15 is 0 Å². The standard InChI is InChI=1S/C44H69NO14/c1-10-34-30(23-55-44-42(53-9)40(52)38(50)28(6)57-44)20-24(2)16-17-32(46)25(3)21-29(18-19-54-31-14-12-11-13-15-31)41(26(4)33(47)22-35(48)58-34)59-43-39(51)36(45(7)8)37(49)27(5)56-43/h11-17,20,25-30,33-34,36-44,47,49-52H,10,18-19,21-23H2,1-9H3/b17-16+,24-20+/t25-,26+,27-,28-,29+,30-,33-,34-,36+,37-,38-,39-,40-,41-,42-,43+,44-/m1/s1. The van der Waals surface area contributed by atoms with Crippen molar-refractivity contribution in [1.82, 2.24) is 4.90 Å². The highest BCUT2D eigenvalue weighted by Crippen LogP contribution is 2.35. The number of methoxy groups -OCH3 is 1. The van der Waals surface area contributed by atoms with E-state index in [2.05, 4.69) is 0 Å². The van der Waals surface area contributed by atoms with Crippen molar-refractivity contribution >= 4 is 11.8 Å². The number of para-hydroxylation sites is 1. The predicted octanol–water partition coefficient (Wildman–Crippen LogP) is 2.79. The average Bonchev–Trinajstić information content (AvgIpc) is 3.19. The van der Waals surface area contributed by atoms with Gasteiger partial charge in [0.1, 0.15) is 36.3 Å². The molecule has 3 aliphatic heterocycles. The molecule has 15 heteroatoms. The van der Waals surface area contributed by atoms with Gasteiger partial charge in [-0.3, -0.25) is 9.59 Å². The summed E-state index contributed by atoms with van der Waals surface area (Å²) in [6, 6.07) is 8.58. The van der Waals surface area contributed by atoms with Gasteiger partial charge in [0.05, 0.1) is 56.2 Å². The van der Waals surface area contributed by atoms with Gasteiger partial charge in [-0.05, 0) is 78.3 Å². The fourth-order valence-corrected chi connectivity index (χ4v) is 8.28. The van der Waals surface area contributed by atoms with Crippen molar-refractivity contribution < 1.29 is 68.3 Å². The second kappa shape index (κ2) is 22.9. The van der Waals surface area contributed by atoms with Gasteiger partial charge in [-0.2, -0.15) is 0 Å². The maximum absolute atomic E-state index is 13.8. The van der Waals surface area contributed by atoms with Crippen LogP contribution in [0.4, 0.5) is 0 Å². The molecule has 1 aromatic carbocycles. The Bertz CT molecular complexity index is 1510. The summed E-state index contributed by atoms with van der Waals surface area (Å²) in [5.74, 6) is -2.38. The Hall–Kier alpha value is -2.80. The highest BCUT2D eigenvalue weighted by molar-refractivity contribution is 5.91. The lowest BCUT2D eigenvalue weighted by atomic mass is 9.79. The number of nitrogens with zero attached hydrogens (tertiary/aromatic N) is 1. The summed E-state index contributed by atoms with van der Waals surface area (Å²) in [6.45, 7) is 10.8. The number of benzene rings is 1. The van der Waals surface area contributed by atoms with Crippen LogP contribution < -0.4 is 4.74 Å². The number of likely N-dealkylation sites (N-methyl/N-ethyl adjacent to an activating group) is 1. The number of ketones is 1. The molecule has 0 saturated carbocycles. The summed E-state index contributed by atoms with van der Waals surface area (Å²) in [4.78, 5) is 29.3. The normalized spacial score (nSPS) is 40.9. The smallest absolute Gasteiger partial charge is 0.308 e. The zero-order valence-electron chi connectivity index (χ0n) is 36.0. The molecule has 15 nitrogen and oxygen atoms in total. The van der Waals surface area contributed by atoms with Gasteiger partial charge in [-0.25, -0.2) is 0 Å². The van der Waals surface area contributed by atoms with Crippen molar-refractivity contribution in [3.63, 3.8) is 0 Å². The van der Waals surface area contributed by atoms with E-state index in [1.807, 2.05) is 57.2 Å². The molecule has 3 aliphatic rings. The van der Waals surface area contributed by atoms with Crippen molar-refractivity contribution in [2.24, 2.45) is 23.7 Å². The minimum atomic E-state index is -1.28. The van der Waals surface area contributed by atoms with Crippen LogP contribution in [0, 0.1) is 23.7 Å². The van der Waals surface area contributed by atoms with Crippen LogP contribution in [0.5, 0.6) is 5.75 Å². The monoisotopic (exact) mass is 835 g/mol. The molecule has 0 bridgehead atoms. The van der Waals surface area contributed by atoms with Gasteiger partial charge in [0.25, 0.3) is 0 Å². The van der Waals surface area contributed by atoms with Crippen LogP contribution >= 0.6 is 0 Å². The Balaban J connectivity index is 1.67. The van der Waals surface area contributed by atoms with E-state index in [0.29, 0.717) is 30.6 Å². The van der Waals surface area contributed by atoms with Crippen LogP contribution in [-0.4, -0.2) is 156 Å². The van der Waals surface area contributed by atoms with Crippen LogP contribution in [0.2, 0.25) is 0 Å². The molecule has 59 heavy (non-hydrogen) atoms.